The lowest BCUT2D eigenvalue weighted by molar-refractivity contribution is 0.0482. The number of aryl methyl sites for hydroxylation is 1. The van der Waals surface area contributed by atoms with E-state index < -0.39 is 5.60 Å². The number of piperidine rings is 1. The van der Waals surface area contributed by atoms with Crippen LogP contribution in [-0.2, 0) is 6.42 Å². The third-order valence-electron chi connectivity index (χ3n) is 6.35. The van der Waals surface area contributed by atoms with Crippen LogP contribution in [0.15, 0.2) is 42.9 Å². The number of rotatable bonds is 7. The van der Waals surface area contributed by atoms with Crippen LogP contribution in [0, 0.1) is 19.8 Å². The summed E-state index contributed by atoms with van der Waals surface area (Å²) >= 11 is 0. The minimum atomic E-state index is -0.609. The Kier molecular flexibility index (Phi) is 6.61. The van der Waals surface area contributed by atoms with Crippen molar-refractivity contribution in [1.82, 2.24) is 19.7 Å². The third-order valence-corrected chi connectivity index (χ3v) is 6.35. The lowest BCUT2D eigenvalue weighted by atomic mass is 9.86. The fourth-order valence-electron chi connectivity index (χ4n) is 4.78. The molecule has 4 rings (SSSR count). The van der Waals surface area contributed by atoms with Crippen molar-refractivity contribution in [3.63, 3.8) is 0 Å². The summed E-state index contributed by atoms with van der Waals surface area (Å²) in [7, 11) is 0. The molecule has 1 aliphatic rings. The molecule has 1 N–H and O–H groups in total. The number of aliphatic hydroxyl groups is 1. The molecule has 0 atom stereocenters. The number of hydrogen-bond donors (Lipinski definition) is 1. The summed E-state index contributed by atoms with van der Waals surface area (Å²) in [5.41, 5.74) is 2.78. The van der Waals surface area contributed by atoms with Gasteiger partial charge in [0.1, 0.15) is 5.82 Å². The van der Waals surface area contributed by atoms with Crippen LogP contribution in [0.3, 0.4) is 0 Å². The van der Waals surface area contributed by atoms with Crippen molar-refractivity contribution in [3.8, 4) is 5.82 Å². The maximum atomic E-state index is 13.0. The van der Waals surface area contributed by atoms with Crippen molar-refractivity contribution >= 4 is 11.6 Å². The predicted octanol–water partition coefficient (Wildman–Crippen LogP) is 4.08. The van der Waals surface area contributed by atoms with E-state index in [2.05, 4.69) is 28.0 Å². The van der Waals surface area contributed by atoms with E-state index in [-0.39, 0.29) is 12.2 Å². The van der Waals surface area contributed by atoms with Gasteiger partial charge in [0.05, 0.1) is 23.1 Å². The molecule has 174 valence electrons. The first-order valence-corrected chi connectivity index (χ1v) is 11.6. The lowest BCUT2D eigenvalue weighted by Crippen LogP contribution is -2.37. The first kappa shape index (κ1) is 23.1. The van der Waals surface area contributed by atoms with Crippen LogP contribution in [-0.4, -0.2) is 49.3 Å². The van der Waals surface area contributed by atoms with Crippen LogP contribution in [0.1, 0.15) is 60.3 Å². The normalized spacial score (nSPS) is 15.1. The number of Topliss-reactive ketones (excluding diaryl/α,β-unsaturated/α-hetero) is 1. The number of carbonyl (C=O) groups is 1. The molecule has 3 aromatic rings. The molecule has 7 heteroatoms. The van der Waals surface area contributed by atoms with Gasteiger partial charge in [0.15, 0.2) is 11.6 Å². The Bertz CT molecular complexity index is 1110. The molecule has 0 bridgehead atoms. The lowest BCUT2D eigenvalue weighted by Gasteiger charge is -2.35. The molecule has 4 heterocycles. The van der Waals surface area contributed by atoms with E-state index in [4.69, 9.17) is 4.98 Å². The molecule has 1 fully saturated rings. The zero-order chi connectivity index (χ0) is 23.6. The molecule has 0 saturated carbocycles. The van der Waals surface area contributed by atoms with E-state index in [0.29, 0.717) is 17.3 Å². The summed E-state index contributed by atoms with van der Waals surface area (Å²) in [6.45, 7) is 9.61. The molecule has 3 aromatic heterocycles. The van der Waals surface area contributed by atoms with Gasteiger partial charge in [-0.05, 0) is 76.1 Å². The minimum Gasteiger partial charge on any atom is -0.390 e. The van der Waals surface area contributed by atoms with Gasteiger partial charge in [-0.3, -0.25) is 4.79 Å². The second-order valence-electron chi connectivity index (χ2n) is 9.77. The van der Waals surface area contributed by atoms with E-state index in [0.717, 1.165) is 55.0 Å². The summed E-state index contributed by atoms with van der Waals surface area (Å²) in [5, 5.41) is 14.5. The average Bonchev–Trinajstić information content (AvgIpc) is 3.15. The van der Waals surface area contributed by atoms with Gasteiger partial charge in [0.2, 0.25) is 0 Å². The SMILES string of the molecule is Cc1cc(CC(=O)c2cnn(-c3ccccn3)c2C)cnc1N1CCC(CC(C)(C)O)CC1. The summed E-state index contributed by atoms with van der Waals surface area (Å²) in [6.07, 6.45) is 8.40. The van der Waals surface area contributed by atoms with Gasteiger partial charge in [0.25, 0.3) is 0 Å². The third kappa shape index (κ3) is 5.47. The highest BCUT2D eigenvalue weighted by Gasteiger charge is 2.26. The molecular weight excluding hydrogens is 414 g/mol. The van der Waals surface area contributed by atoms with E-state index in [9.17, 15) is 9.90 Å². The molecule has 0 amide bonds. The highest BCUT2D eigenvalue weighted by atomic mass is 16.3. The Balaban J connectivity index is 1.41. The van der Waals surface area contributed by atoms with Crippen LogP contribution in [0.4, 0.5) is 5.82 Å². The van der Waals surface area contributed by atoms with Crippen molar-refractivity contribution < 1.29 is 9.90 Å². The molecule has 0 unspecified atom stereocenters. The van der Waals surface area contributed by atoms with Crippen LogP contribution < -0.4 is 4.90 Å². The average molecular weight is 448 g/mol. The van der Waals surface area contributed by atoms with Gasteiger partial charge >= 0.3 is 0 Å². The Labute approximate surface area is 195 Å². The Hall–Kier alpha value is -3.06. The molecule has 1 saturated heterocycles. The zero-order valence-corrected chi connectivity index (χ0v) is 20.0. The molecule has 33 heavy (non-hydrogen) atoms. The predicted molar refractivity (Wildman–Crippen MR) is 129 cm³/mol. The molecular formula is C26H33N5O2. The molecule has 0 radical (unpaired) electrons. The van der Waals surface area contributed by atoms with E-state index in [1.165, 1.54) is 0 Å². The van der Waals surface area contributed by atoms with Crippen molar-refractivity contribution in [1.29, 1.82) is 0 Å². The number of anilines is 1. The smallest absolute Gasteiger partial charge is 0.170 e. The van der Waals surface area contributed by atoms with Gasteiger partial charge in [0, 0.05) is 31.9 Å². The fraction of sp³-hybridized carbons (Fsp3) is 0.462. The largest absolute Gasteiger partial charge is 0.390 e. The maximum Gasteiger partial charge on any atom is 0.170 e. The topological polar surface area (TPSA) is 84.1 Å². The highest BCUT2D eigenvalue weighted by molar-refractivity contribution is 5.98. The summed E-state index contributed by atoms with van der Waals surface area (Å²) in [5.74, 6) is 2.26. The van der Waals surface area contributed by atoms with Crippen molar-refractivity contribution in [2.75, 3.05) is 18.0 Å². The quantitative estimate of drug-likeness (QED) is 0.550. The summed E-state index contributed by atoms with van der Waals surface area (Å²) < 4.78 is 1.70. The molecule has 7 nitrogen and oxygen atoms in total. The van der Waals surface area contributed by atoms with Gasteiger partial charge in [-0.2, -0.15) is 5.10 Å². The second-order valence-corrected chi connectivity index (χ2v) is 9.77. The standard InChI is InChI=1S/C26H33N5O2/c1-18-13-21(16-28-25(18)30-11-8-20(9-12-30)15-26(3,4)33)14-23(32)22-17-29-31(19(22)2)24-7-5-6-10-27-24/h5-7,10,13,16-17,20,33H,8-9,11-12,14-15H2,1-4H3. The van der Waals surface area contributed by atoms with Gasteiger partial charge in [-0.1, -0.05) is 12.1 Å². The van der Waals surface area contributed by atoms with Gasteiger partial charge in [-0.25, -0.2) is 14.6 Å². The van der Waals surface area contributed by atoms with Gasteiger partial charge in [-0.15, -0.1) is 0 Å². The Morgan fingerprint density at radius 2 is 1.91 bits per heavy atom. The van der Waals surface area contributed by atoms with Gasteiger partial charge < -0.3 is 10.0 Å². The van der Waals surface area contributed by atoms with Crippen LogP contribution in [0.5, 0.6) is 0 Å². The number of ketones is 1. The van der Waals surface area contributed by atoms with Crippen molar-refractivity contribution in [3.05, 3.63) is 65.2 Å². The van der Waals surface area contributed by atoms with Crippen molar-refractivity contribution in [2.24, 2.45) is 5.92 Å². The van der Waals surface area contributed by atoms with E-state index >= 15 is 0 Å². The Morgan fingerprint density at radius 1 is 1.15 bits per heavy atom. The first-order chi connectivity index (χ1) is 15.7. The van der Waals surface area contributed by atoms with Crippen LogP contribution in [0.25, 0.3) is 5.82 Å². The number of carbonyl (C=O) groups excluding carboxylic acids is 1. The molecule has 1 aliphatic heterocycles. The summed E-state index contributed by atoms with van der Waals surface area (Å²) in [4.78, 5) is 24.4. The van der Waals surface area contributed by atoms with E-state index in [1.54, 1.807) is 17.1 Å². The number of hydrogen-bond acceptors (Lipinski definition) is 6. The molecule has 0 aromatic carbocycles. The number of aromatic nitrogens is 4. The summed E-state index contributed by atoms with van der Waals surface area (Å²) in [6, 6.07) is 7.69. The van der Waals surface area contributed by atoms with E-state index in [1.807, 2.05) is 45.2 Å². The molecule has 0 aliphatic carbocycles. The zero-order valence-electron chi connectivity index (χ0n) is 20.0. The monoisotopic (exact) mass is 447 g/mol. The molecule has 0 spiro atoms. The highest BCUT2D eigenvalue weighted by Crippen LogP contribution is 2.29. The Morgan fingerprint density at radius 3 is 2.55 bits per heavy atom. The number of nitrogens with zero attached hydrogens (tertiary/aromatic N) is 5. The van der Waals surface area contributed by atoms with Crippen LogP contribution in [0.2, 0.25) is 0 Å². The van der Waals surface area contributed by atoms with Crippen molar-refractivity contribution in [2.45, 2.75) is 59.0 Å². The first-order valence-electron chi connectivity index (χ1n) is 11.6. The van der Waals surface area contributed by atoms with Crippen LogP contribution >= 0.6 is 0 Å². The minimum absolute atomic E-state index is 0.0241. The number of pyridine rings is 2. The second kappa shape index (κ2) is 9.43. The fourth-order valence-corrected chi connectivity index (χ4v) is 4.78. The maximum absolute atomic E-state index is 13.0.